The van der Waals surface area contributed by atoms with Gasteiger partial charge in [-0.15, -0.1) is 0 Å². The van der Waals surface area contributed by atoms with E-state index in [-0.39, 0.29) is 5.57 Å². The van der Waals surface area contributed by atoms with E-state index in [0.29, 0.717) is 22.3 Å². The summed E-state index contributed by atoms with van der Waals surface area (Å²) >= 11 is 11.8. The largest absolute Gasteiger partial charge is 0.386 e. The van der Waals surface area contributed by atoms with Crippen LogP contribution in [0.5, 0.6) is 0 Å². The molecule has 23 heavy (non-hydrogen) atoms. The van der Waals surface area contributed by atoms with Crippen LogP contribution >= 0.6 is 23.2 Å². The summed E-state index contributed by atoms with van der Waals surface area (Å²) in [5.74, 6) is -0.570. The summed E-state index contributed by atoms with van der Waals surface area (Å²) in [5, 5.41) is 15.3. The summed E-state index contributed by atoms with van der Waals surface area (Å²) in [5.41, 5.74) is 1.25. The van der Waals surface area contributed by atoms with Gasteiger partial charge in [0, 0.05) is 30.2 Å². The van der Waals surface area contributed by atoms with E-state index in [0.717, 1.165) is 5.56 Å². The van der Waals surface area contributed by atoms with Crippen molar-refractivity contribution in [1.29, 1.82) is 5.26 Å². The van der Waals surface area contributed by atoms with Gasteiger partial charge in [0.25, 0.3) is 5.91 Å². The average molecular weight is 347 g/mol. The number of anilines is 1. The van der Waals surface area contributed by atoms with Crippen molar-refractivity contribution in [2.45, 2.75) is 6.54 Å². The smallest absolute Gasteiger partial charge is 0.267 e. The van der Waals surface area contributed by atoms with Gasteiger partial charge in [0.2, 0.25) is 0 Å². The molecule has 2 rings (SSSR count). The van der Waals surface area contributed by atoms with Gasteiger partial charge in [0.1, 0.15) is 11.6 Å². The third-order valence-corrected chi connectivity index (χ3v) is 3.41. The zero-order valence-corrected chi connectivity index (χ0v) is 13.4. The number of hydrogen-bond acceptors (Lipinski definition) is 4. The molecule has 0 atom stereocenters. The number of nitriles is 1. The standard InChI is InChI=1S/C16H12Cl2N4O/c17-13-1-2-14(18)15(7-13)22-16(23)12(8-19)10-21-9-11-3-5-20-6-4-11/h1-7,10,21H,9H2,(H,22,23)/b12-10-. The van der Waals surface area contributed by atoms with Gasteiger partial charge in [-0.1, -0.05) is 23.2 Å². The molecular formula is C16H12Cl2N4O. The topological polar surface area (TPSA) is 77.8 Å². The lowest BCUT2D eigenvalue weighted by Gasteiger charge is -2.07. The maximum absolute atomic E-state index is 12.1. The van der Waals surface area contributed by atoms with Gasteiger partial charge in [0.05, 0.1) is 10.7 Å². The number of pyridine rings is 1. The van der Waals surface area contributed by atoms with Crippen LogP contribution in [0.15, 0.2) is 54.5 Å². The first-order valence-corrected chi connectivity index (χ1v) is 7.34. The molecule has 116 valence electrons. The van der Waals surface area contributed by atoms with Crippen molar-refractivity contribution >= 4 is 34.8 Å². The van der Waals surface area contributed by atoms with Crippen LogP contribution in [0.25, 0.3) is 0 Å². The molecule has 0 spiro atoms. The number of carbonyl (C=O) groups excluding carboxylic acids is 1. The van der Waals surface area contributed by atoms with E-state index < -0.39 is 5.91 Å². The van der Waals surface area contributed by atoms with Crippen molar-refractivity contribution < 1.29 is 4.79 Å². The van der Waals surface area contributed by atoms with Crippen molar-refractivity contribution in [3.05, 3.63) is 70.1 Å². The van der Waals surface area contributed by atoms with Crippen LogP contribution in [0.2, 0.25) is 10.0 Å². The third-order valence-electron chi connectivity index (χ3n) is 2.84. The number of nitrogens with one attached hydrogen (secondary N) is 2. The van der Waals surface area contributed by atoms with E-state index in [9.17, 15) is 4.79 Å². The van der Waals surface area contributed by atoms with Crippen molar-refractivity contribution in [2.75, 3.05) is 5.32 Å². The lowest BCUT2D eigenvalue weighted by Crippen LogP contribution is -2.16. The van der Waals surface area contributed by atoms with E-state index in [1.807, 2.05) is 18.2 Å². The normalized spacial score (nSPS) is 10.7. The van der Waals surface area contributed by atoms with Crippen LogP contribution in [0.3, 0.4) is 0 Å². The van der Waals surface area contributed by atoms with Gasteiger partial charge >= 0.3 is 0 Å². The number of hydrogen-bond donors (Lipinski definition) is 2. The highest BCUT2D eigenvalue weighted by molar-refractivity contribution is 6.35. The maximum Gasteiger partial charge on any atom is 0.267 e. The number of nitrogens with zero attached hydrogens (tertiary/aromatic N) is 2. The van der Waals surface area contributed by atoms with Crippen LogP contribution in [-0.4, -0.2) is 10.9 Å². The van der Waals surface area contributed by atoms with Crippen molar-refractivity contribution in [3.63, 3.8) is 0 Å². The summed E-state index contributed by atoms with van der Waals surface area (Å²) < 4.78 is 0. The van der Waals surface area contributed by atoms with Gasteiger partial charge in [-0.05, 0) is 35.9 Å². The van der Waals surface area contributed by atoms with E-state index in [1.54, 1.807) is 24.5 Å². The lowest BCUT2D eigenvalue weighted by atomic mass is 10.2. The number of amides is 1. The molecule has 0 saturated carbocycles. The number of halogens is 2. The number of aromatic nitrogens is 1. The third kappa shape index (κ3) is 4.99. The first-order chi connectivity index (χ1) is 11.1. The molecule has 0 unspecified atom stereocenters. The Morgan fingerprint density at radius 3 is 2.70 bits per heavy atom. The van der Waals surface area contributed by atoms with Crippen LogP contribution in [0.1, 0.15) is 5.56 Å². The molecule has 0 aliphatic heterocycles. The van der Waals surface area contributed by atoms with Crippen LogP contribution in [0.4, 0.5) is 5.69 Å². The monoisotopic (exact) mass is 346 g/mol. The lowest BCUT2D eigenvalue weighted by molar-refractivity contribution is -0.112. The zero-order chi connectivity index (χ0) is 16.7. The molecule has 2 aromatic rings. The summed E-state index contributed by atoms with van der Waals surface area (Å²) in [6, 6.07) is 10.2. The van der Waals surface area contributed by atoms with Crippen LogP contribution < -0.4 is 10.6 Å². The second kappa shape index (κ2) is 8.18. The molecular weight excluding hydrogens is 335 g/mol. The van der Waals surface area contributed by atoms with Gasteiger partial charge in [-0.3, -0.25) is 9.78 Å². The molecule has 0 bridgehead atoms. The summed E-state index contributed by atoms with van der Waals surface area (Å²) in [7, 11) is 0. The highest BCUT2D eigenvalue weighted by atomic mass is 35.5. The molecule has 1 amide bonds. The molecule has 7 heteroatoms. The van der Waals surface area contributed by atoms with E-state index >= 15 is 0 Å². The van der Waals surface area contributed by atoms with E-state index in [2.05, 4.69) is 15.6 Å². The highest BCUT2D eigenvalue weighted by Gasteiger charge is 2.11. The Hall–Kier alpha value is -2.55. The second-order valence-electron chi connectivity index (χ2n) is 4.48. The average Bonchev–Trinajstić information content (AvgIpc) is 2.56. The fourth-order valence-electron chi connectivity index (χ4n) is 1.70. The fourth-order valence-corrected chi connectivity index (χ4v) is 2.04. The molecule has 0 aliphatic rings. The Balaban J connectivity index is 2.02. The van der Waals surface area contributed by atoms with E-state index in [4.69, 9.17) is 28.5 Å². The Morgan fingerprint density at radius 2 is 2.00 bits per heavy atom. The summed E-state index contributed by atoms with van der Waals surface area (Å²) in [6.07, 6.45) is 4.69. The quantitative estimate of drug-likeness (QED) is 0.641. The van der Waals surface area contributed by atoms with Crippen molar-refractivity contribution in [1.82, 2.24) is 10.3 Å². The molecule has 0 fully saturated rings. The Morgan fingerprint density at radius 1 is 1.26 bits per heavy atom. The SMILES string of the molecule is N#C/C(=C/NCc1ccncc1)C(=O)Nc1cc(Cl)ccc1Cl. The molecule has 2 N–H and O–H groups in total. The Labute approximate surface area is 143 Å². The minimum absolute atomic E-state index is 0.0740. The molecule has 5 nitrogen and oxygen atoms in total. The van der Waals surface area contributed by atoms with Crippen molar-refractivity contribution in [2.24, 2.45) is 0 Å². The van der Waals surface area contributed by atoms with E-state index in [1.165, 1.54) is 12.3 Å². The molecule has 1 aromatic heterocycles. The van der Waals surface area contributed by atoms with Gasteiger partial charge in [-0.25, -0.2) is 0 Å². The fraction of sp³-hybridized carbons (Fsp3) is 0.0625. The molecule has 1 aromatic carbocycles. The number of carbonyl (C=O) groups is 1. The number of benzene rings is 1. The van der Waals surface area contributed by atoms with Gasteiger partial charge < -0.3 is 10.6 Å². The van der Waals surface area contributed by atoms with Crippen LogP contribution in [-0.2, 0) is 11.3 Å². The first kappa shape index (κ1) is 16.8. The summed E-state index contributed by atoms with van der Waals surface area (Å²) in [4.78, 5) is 16.0. The molecule has 0 radical (unpaired) electrons. The predicted molar refractivity (Wildman–Crippen MR) is 89.9 cm³/mol. The summed E-state index contributed by atoms with van der Waals surface area (Å²) in [6.45, 7) is 0.471. The first-order valence-electron chi connectivity index (χ1n) is 6.59. The second-order valence-corrected chi connectivity index (χ2v) is 5.33. The van der Waals surface area contributed by atoms with Crippen LogP contribution in [0, 0.1) is 11.3 Å². The molecule has 0 aliphatic carbocycles. The molecule has 1 heterocycles. The number of rotatable bonds is 5. The minimum atomic E-state index is -0.570. The molecule has 0 saturated heterocycles. The van der Waals surface area contributed by atoms with Gasteiger partial charge in [-0.2, -0.15) is 5.26 Å². The zero-order valence-electron chi connectivity index (χ0n) is 11.9. The Kier molecular flexibility index (Phi) is 5.98. The van der Waals surface area contributed by atoms with Gasteiger partial charge in [0.15, 0.2) is 0 Å². The maximum atomic E-state index is 12.1. The van der Waals surface area contributed by atoms with Crippen molar-refractivity contribution in [3.8, 4) is 6.07 Å². The highest BCUT2D eigenvalue weighted by Crippen LogP contribution is 2.25. The minimum Gasteiger partial charge on any atom is -0.386 e. The predicted octanol–water partition coefficient (Wildman–Crippen LogP) is 3.52. The Bertz CT molecular complexity index is 769.